The highest BCUT2D eigenvalue weighted by atomic mass is 32.3. The number of aromatic nitrogens is 1. The van der Waals surface area contributed by atoms with E-state index in [1.54, 1.807) is 0 Å². The molecule has 6 heteroatoms. The van der Waals surface area contributed by atoms with Crippen molar-refractivity contribution in [3.05, 3.63) is 30.6 Å². The van der Waals surface area contributed by atoms with Crippen molar-refractivity contribution in [1.29, 1.82) is 0 Å². The van der Waals surface area contributed by atoms with Crippen LogP contribution in [0.25, 0.3) is 0 Å². The lowest BCUT2D eigenvalue weighted by Crippen LogP contribution is -2.30. The highest BCUT2D eigenvalue weighted by Crippen LogP contribution is 1.74. The molecule has 0 unspecified atom stereocenters. The fourth-order valence-electron chi connectivity index (χ4n) is 0.645. The van der Waals surface area contributed by atoms with Crippen molar-refractivity contribution < 1.29 is 22.1 Å². The Morgan fingerprint density at radius 2 is 1.64 bits per heavy atom. The van der Waals surface area contributed by atoms with Crippen molar-refractivity contribution in [1.82, 2.24) is 0 Å². The van der Waals surface area contributed by atoms with E-state index in [2.05, 4.69) is 23.9 Å². The Hall–Kier alpha value is -0.980. The summed E-state index contributed by atoms with van der Waals surface area (Å²) in [4.78, 5) is 0. The maximum atomic E-state index is 8.63. The van der Waals surface area contributed by atoms with Gasteiger partial charge in [0, 0.05) is 12.1 Å². The van der Waals surface area contributed by atoms with Crippen molar-refractivity contribution in [2.24, 2.45) is 0 Å². The van der Waals surface area contributed by atoms with Gasteiger partial charge in [0.05, 0.1) is 0 Å². The van der Waals surface area contributed by atoms with Crippen molar-refractivity contribution in [3.63, 3.8) is 0 Å². The molecule has 82 valence electrons. The molecule has 0 aromatic carbocycles. The maximum absolute atomic E-state index is 8.63. The quantitative estimate of drug-likeness (QED) is 0.428. The van der Waals surface area contributed by atoms with Crippen LogP contribution in [0.5, 0.6) is 0 Å². The third kappa shape index (κ3) is 13.6. The van der Waals surface area contributed by atoms with E-state index in [-0.39, 0.29) is 7.43 Å². The lowest BCUT2D eigenvalue weighted by molar-refractivity contribution is -0.693. The summed E-state index contributed by atoms with van der Waals surface area (Å²) >= 11 is 0. The predicted molar refractivity (Wildman–Crippen MR) is 51.4 cm³/mol. The minimum absolute atomic E-state index is 0. The van der Waals surface area contributed by atoms with Gasteiger partial charge in [-0.3, -0.25) is 4.55 Å². The number of aryl methyl sites for hydroxylation is 1. The molecule has 1 aromatic heterocycles. The van der Waals surface area contributed by atoms with Crippen LogP contribution in [0, 0.1) is 0 Å². The lowest BCUT2D eigenvalue weighted by Gasteiger charge is -1.88. The third-order valence-electron chi connectivity index (χ3n) is 1.14. The molecule has 1 heterocycles. The average Bonchev–Trinajstić information content (AvgIpc) is 2.03. The van der Waals surface area contributed by atoms with Gasteiger partial charge in [-0.05, 0) is 6.92 Å². The van der Waals surface area contributed by atoms with E-state index in [1.807, 2.05) is 18.2 Å². The average molecular weight is 221 g/mol. The lowest BCUT2D eigenvalue weighted by atomic mass is 10.5. The monoisotopic (exact) mass is 221 g/mol. The van der Waals surface area contributed by atoms with Crippen LogP contribution in [0.1, 0.15) is 14.4 Å². The van der Waals surface area contributed by atoms with Gasteiger partial charge >= 0.3 is 0 Å². The van der Waals surface area contributed by atoms with Crippen LogP contribution in [-0.2, 0) is 16.9 Å². The van der Waals surface area contributed by atoms with E-state index >= 15 is 0 Å². The summed E-state index contributed by atoms with van der Waals surface area (Å²) in [5.41, 5.74) is 0. The van der Waals surface area contributed by atoms with Crippen LogP contribution in [-0.4, -0.2) is 17.5 Å². The second kappa shape index (κ2) is 7.43. The van der Waals surface area contributed by atoms with E-state index in [0.29, 0.717) is 0 Å². The van der Waals surface area contributed by atoms with Crippen LogP contribution in [0.2, 0.25) is 0 Å². The third-order valence-corrected chi connectivity index (χ3v) is 1.14. The number of hydrogen-bond donors (Lipinski definition) is 1. The maximum Gasteiger partial charge on any atom is 0.215 e. The number of pyridine rings is 1. The fraction of sp³-hybridized carbons (Fsp3) is 0.375. The molecule has 0 aliphatic carbocycles. The zero-order valence-electron chi connectivity index (χ0n) is 7.12. The first kappa shape index (κ1) is 15.5. The van der Waals surface area contributed by atoms with Gasteiger partial charge in [-0.25, -0.2) is 13.0 Å². The van der Waals surface area contributed by atoms with Gasteiger partial charge in [0.25, 0.3) is 0 Å². The molecule has 0 radical (unpaired) electrons. The van der Waals surface area contributed by atoms with E-state index < -0.39 is 10.4 Å². The molecule has 1 rings (SSSR count). The Bertz CT molecular complexity index is 314. The Balaban J connectivity index is 0. The first-order valence-electron chi connectivity index (χ1n) is 3.56. The molecule has 5 nitrogen and oxygen atoms in total. The molecule has 0 atom stereocenters. The summed E-state index contributed by atoms with van der Waals surface area (Å²) < 4.78 is 35.0. The Labute approximate surface area is 84.6 Å². The molecule has 0 aliphatic rings. The van der Waals surface area contributed by atoms with Crippen LogP contribution in [0.15, 0.2) is 30.6 Å². The Morgan fingerprint density at radius 3 is 1.86 bits per heavy atom. The molecular formula is C8H15NO4S. The Kier molecular flexibility index (Phi) is 8.22. The molecular weight excluding hydrogens is 206 g/mol. The Morgan fingerprint density at radius 1 is 1.29 bits per heavy atom. The zero-order valence-corrected chi connectivity index (χ0v) is 7.94. The van der Waals surface area contributed by atoms with Gasteiger partial charge in [-0.1, -0.05) is 13.5 Å². The van der Waals surface area contributed by atoms with Crippen molar-refractivity contribution in [2.45, 2.75) is 20.9 Å². The van der Waals surface area contributed by atoms with Crippen molar-refractivity contribution in [2.75, 3.05) is 0 Å². The summed E-state index contributed by atoms with van der Waals surface area (Å²) in [5, 5.41) is 0. The number of hydrogen-bond acceptors (Lipinski definition) is 3. The van der Waals surface area contributed by atoms with Gasteiger partial charge in [-0.15, -0.1) is 0 Å². The smallest absolute Gasteiger partial charge is 0.215 e. The molecule has 0 saturated carbocycles. The van der Waals surface area contributed by atoms with E-state index in [1.165, 1.54) is 0 Å². The predicted octanol–water partition coefficient (Wildman–Crippen LogP) is 0.635. The molecule has 0 bridgehead atoms. The van der Waals surface area contributed by atoms with Gasteiger partial charge in [0.2, 0.25) is 10.4 Å². The second-order valence-corrected chi connectivity index (χ2v) is 2.99. The second-order valence-electron chi connectivity index (χ2n) is 2.13. The molecule has 0 amide bonds. The number of rotatable bonds is 1. The normalized spacial score (nSPS) is 9.36. The van der Waals surface area contributed by atoms with Crippen LogP contribution in [0.4, 0.5) is 0 Å². The van der Waals surface area contributed by atoms with Gasteiger partial charge in [0.15, 0.2) is 12.4 Å². The molecule has 0 aliphatic heterocycles. The highest BCUT2D eigenvalue weighted by Gasteiger charge is 1.86. The largest absolute Gasteiger partial charge is 0.726 e. The number of nitrogens with zero attached hydrogens (tertiary/aromatic N) is 1. The van der Waals surface area contributed by atoms with E-state index in [0.717, 1.165) is 6.54 Å². The van der Waals surface area contributed by atoms with E-state index in [9.17, 15) is 0 Å². The first-order valence-corrected chi connectivity index (χ1v) is 4.92. The van der Waals surface area contributed by atoms with Gasteiger partial charge in [-0.2, -0.15) is 0 Å². The van der Waals surface area contributed by atoms with Crippen molar-refractivity contribution in [3.8, 4) is 0 Å². The summed E-state index contributed by atoms with van der Waals surface area (Å²) in [7, 11) is -4.92. The van der Waals surface area contributed by atoms with Crippen LogP contribution >= 0.6 is 0 Å². The van der Waals surface area contributed by atoms with Crippen LogP contribution < -0.4 is 4.57 Å². The topological polar surface area (TPSA) is 81.3 Å². The van der Waals surface area contributed by atoms with Gasteiger partial charge in [0.1, 0.15) is 6.54 Å². The SMILES string of the molecule is C.CC[n+]1ccccc1.O=S(=O)([O-])O. The van der Waals surface area contributed by atoms with Gasteiger partial charge < -0.3 is 4.55 Å². The molecule has 1 N–H and O–H groups in total. The molecule has 14 heavy (non-hydrogen) atoms. The van der Waals surface area contributed by atoms with Crippen LogP contribution in [0.3, 0.4) is 0 Å². The summed E-state index contributed by atoms with van der Waals surface area (Å²) in [6.45, 7) is 3.18. The molecule has 1 aromatic rings. The summed E-state index contributed by atoms with van der Waals surface area (Å²) in [6.07, 6.45) is 4.11. The standard InChI is InChI=1S/C7H10N.CH4.H2O4S/c1-2-8-6-4-3-5-7-8;;1-5(2,3)4/h3-7H,2H2,1H3;1H4;(H2,1,2,3,4)/q+1;;/p-1. The minimum Gasteiger partial charge on any atom is -0.726 e. The summed E-state index contributed by atoms with van der Waals surface area (Å²) in [6, 6.07) is 6.08. The molecule has 0 fully saturated rings. The minimum atomic E-state index is -4.92. The van der Waals surface area contributed by atoms with E-state index in [4.69, 9.17) is 17.5 Å². The molecule has 0 saturated heterocycles. The fourth-order valence-corrected chi connectivity index (χ4v) is 0.645. The molecule has 0 spiro atoms. The first-order chi connectivity index (χ1) is 5.93. The zero-order chi connectivity index (χ0) is 10.3. The highest BCUT2D eigenvalue weighted by molar-refractivity contribution is 7.79. The van der Waals surface area contributed by atoms with Crippen molar-refractivity contribution >= 4 is 10.4 Å². The summed E-state index contributed by atoms with van der Waals surface area (Å²) in [5.74, 6) is 0.